The summed E-state index contributed by atoms with van der Waals surface area (Å²) in [5.41, 5.74) is 1.86. The van der Waals surface area contributed by atoms with Crippen molar-refractivity contribution >= 4 is 51.3 Å². The number of hydrogen-bond acceptors (Lipinski definition) is 6. The topological polar surface area (TPSA) is 80.7 Å². The Hall–Kier alpha value is -2.48. The predicted octanol–water partition coefficient (Wildman–Crippen LogP) is 5.50. The molecule has 0 bridgehead atoms. The molecule has 0 radical (unpaired) electrons. The van der Waals surface area contributed by atoms with Crippen LogP contribution in [0.4, 0.5) is 10.8 Å². The van der Waals surface area contributed by atoms with E-state index >= 15 is 0 Å². The van der Waals surface area contributed by atoms with Crippen LogP contribution in [0.5, 0.6) is 11.5 Å². The largest absolute Gasteiger partial charge is 0.497 e. The number of ether oxygens (including phenoxy) is 2. The van der Waals surface area contributed by atoms with Crippen molar-refractivity contribution in [1.29, 1.82) is 0 Å². The van der Waals surface area contributed by atoms with Crippen molar-refractivity contribution in [2.24, 2.45) is 0 Å². The minimum Gasteiger partial charge on any atom is -0.497 e. The molecule has 0 aliphatic heterocycles. The molecule has 3 aromatic rings. The number of aromatic nitrogens is 1. The van der Waals surface area contributed by atoms with Gasteiger partial charge in [0, 0.05) is 32.2 Å². The second kappa shape index (κ2) is 8.68. The quantitative estimate of drug-likeness (QED) is 0.506. The Morgan fingerprint density at radius 3 is 2.46 bits per heavy atom. The van der Waals surface area contributed by atoms with Crippen LogP contribution in [-0.4, -0.2) is 30.3 Å². The van der Waals surface area contributed by atoms with Crippen molar-refractivity contribution in [1.82, 2.24) is 4.98 Å². The molecule has 2 aromatic carbocycles. The second-order valence-corrected chi connectivity index (χ2v) is 7.67. The van der Waals surface area contributed by atoms with E-state index in [2.05, 4.69) is 10.3 Å². The van der Waals surface area contributed by atoms with Crippen LogP contribution >= 0.6 is 34.5 Å². The number of carboxylic acids is 1. The highest BCUT2D eigenvalue weighted by Crippen LogP contribution is 2.39. The highest BCUT2D eigenvalue weighted by atomic mass is 35.5. The van der Waals surface area contributed by atoms with Crippen LogP contribution < -0.4 is 14.8 Å². The van der Waals surface area contributed by atoms with Gasteiger partial charge in [-0.1, -0.05) is 23.2 Å². The monoisotopic (exact) mass is 438 g/mol. The number of carbonyl (C=O) groups is 1. The number of anilines is 2. The van der Waals surface area contributed by atoms with E-state index in [9.17, 15) is 9.90 Å². The molecule has 0 fully saturated rings. The molecule has 28 heavy (non-hydrogen) atoms. The minimum absolute atomic E-state index is 0.167. The van der Waals surface area contributed by atoms with Gasteiger partial charge in [-0.25, -0.2) is 4.98 Å². The zero-order chi connectivity index (χ0) is 20.3. The van der Waals surface area contributed by atoms with E-state index in [1.165, 1.54) is 18.4 Å². The SMILES string of the molecule is COc1ccc(-c2nc(Nc3cc(Cl)cc(Cl)c3)sc2CC(=O)O)c(OC)c1. The molecule has 146 valence electrons. The fraction of sp³-hybridized carbons (Fsp3) is 0.158. The molecule has 0 aliphatic rings. The minimum atomic E-state index is -0.949. The van der Waals surface area contributed by atoms with Gasteiger partial charge in [0.1, 0.15) is 11.5 Å². The number of carboxylic acid groups (broad SMARTS) is 1. The highest BCUT2D eigenvalue weighted by Gasteiger charge is 2.19. The Labute approximate surface area is 175 Å². The number of rotatable bonds is 7. The molecule has 2 N–H and O–H groups in total. The van der Waals surface area contributed by atoms with Crippen LogP contribution in [0.25, 0.3) is 11.3 Å². The standard InChI is InChI=1S/C19H16Cl2N2O4S/c1-26-13-3-4-14(15(8-13)27-2)18-16(9-17(24)25)28-19(23-18)22-12-6-10(20)5-11(21)7-12/h3-8H,9H2,1-2H3,(H,22,23)(H,24,25). The van der Waals surface area contributed by atoms with Gasteiger partial charge in [-0.2, -0.15) is 0 Å². The summed E-state index contributed by atoms with van der Waals surface area (Å²) in [5, 5.41) is 13.9. The average molecular weight is 439 g/mol. The number of nitrogens with zero attached hydrogens (tertiary/aromatic N) is 1. The average Bonchev–Trinajstić information content (AvgIpc) is 3.01. The zero-order valence-corrected chi connectivity index (χ0v) is 17.3. The van der Waals surface area contributed by atoms with Gasteiger partial charge in [0.2, 0.25) is 0 Å². The van der Waals surface area contributed by atoms with E-state index in [0.29, 0.717) is 48.5 Å². The summed E-state index contributed by atoms with van der Waals surface area (Å²) in [7, 11) is 3.10. The Morgan fingerprint density at radius 1 is 1.14 bits per heavy atom. The Kier molecular flexibility index (Phi) is 6.28. The van der Waals surface area contributed by atoms with Gasteiger partial charge < -0.3 is 19.9 Å². The molecule has 1 aromatic heterocycles. The maximum Gasteiger partial charge on any atom is 0.308 e. The predicted molar refractivity (Wildman–Crippen MR) is 112 cm³/mol. The first kappa shape index (κ1) is 20.3. The first-order chi connectivity index (χ1) is 13.4. The molecule has 0 spiro atoms. The fourth-order valence-electron chi connectivity index (χ4n) is 2.62. The number of hydrogen-bond donors (Lipinski definition) is 2. The van der Waals surface area contributed by atoms with Gasteiger partial charge in [0.15, 0.2) is 5.13 Å². The van der Waals surface area contributed by atoms with Crippen molar-refractivity contribution in [3.8, 4) is 22.8 Å². The van der Waals surface area contributed by atoms with Gasteiger partial charge in [-0.05, 0) is 30.3 Å². The van der Waals surface area contributed by atoms with Gasteiger partial charge in [-0.15, -0.1) is 11.3 Å². The Morgan fingerprint density at radius 2 is 1.86 bits per heavy atom. The number of benzene rings is 2. The molecule has 1 heterocycles. The van der Waals surface area contributed by atoms with Crippen LogP contribution in [-0.2, 0) is 11.2 Å². The van der Waals surface area contributed by atoms with Crippen LogP contribution in [0.15, 0.2) is 36.4 Å². The van der Waals surface area contributed by atoms with Gasteiger partial charge in [-0.3, -0.25) is 4.79 Å². The number of nitrogens with one attached hydrogen (secondary N) is 1. The summed E-state index contributed by atoms with van der Waals surface area (Å²) >= 11 is 13.3. The van der Waals surface area contributed by atoms with Crippen molar-refractivity contribution in [2.45, 2.75) is 6.42 Å². The number of aliphatic carboxylic acids is 1. The number of halogens is 2. The maximum absolute atomic E-state index is 11.3. The lowest BCUT2D eigenvalue weighted by Crippen LogP contribution is -2.00. The van der Waals surface area contributed by atoms with E-state index in [4.69, 9.17) is 32.7 Å². The van der Waals surface area contributed by atoms with E-state index in [-0.39, 0.29) is 6.42 Å². The van der Waals surface area contributed by atoms with Crippen LogP contribution in [0, 0.1) is 0 Å². The summed E-state index contributed by atoms with van der Waals surface area (Å²) in [5.74, 6) is 0.214. The summed E-state index contributed by atoms with van der Waals surface area (Å²) in [6.45, 7) is 0. The van der Waals surface area contributed by atoms with Crippen LogP contribution in [0.2, 0.25) is 10.0 Å². The third-order valence-corrected chi connectivity index (χ3v) is 5.19. The van der Waals surface area contributed by atoms with E-state index in [1.54, 1.807) is 43.5 Å². The summed E-state index contributed by atoms with van der Waals surface area (Å²) in [6.07, 6.45) is -0.167. The third kappa shape index (κ3) is 4.67. The van der Waals surface area contributed by atoms with Crippen molar-refractivity contribution in [3.05, 3.63) is 51.3 Å². The lowest BCUT2D eigenvalue weighted by molar-refractivity contribution is -0.136. The molecule has 0 amide bonds. The summed E-state index contributed by atoms with van der Waals surface area (Å²) < 4.78 is 10.7. The first-order valence-electron chi connectivity index (χ1n) is 8.06. The van der Waals surface area contributed by atoms with E-state index < -0.39 is 5.97 Å². The second-order valence-electron chi connectivity index (χ2n) is 5.71. The van der Waals surface area contributed by atoms with Gasteiger partial charge >= 0.3 is 5.97 Å². The summed E-state index contributed by atoms with van der Waals surface area (Å²) in [6, 6.07) is 10.3. The molecule has 0 unspecified atom stereocenters. The summed E-state index contributed by atoms with van der Waals surface area (Å²) in [4.78, 5) is 16.5. The van der Waals surface area contributed by atoms with Gasteiger partial charge in [0.05, 0.1) is 26.3 Å². The molecular weight excluding hydrogens is 423 g/mol. The smallest absolute Gasteiger partial charge is 0.308 e. The number of thiazole rings is 1. The fourth-order valence-corrected chi connectivity index (χ4v) is 4.13. The first-order valence-corrected chi connectivity index (χ1v) is 9.64. The normalized spacial score (nSPS) is 10.6. The molecule has 6 nitrogen and oxygen atoms in total. The molecule has 9 heteroatoms. The van der Waals surface area contributed by atoms with Crippen molar-refractivity contribution < 1.29 is 19.4 Å². The Bertz CT molecular complexity index is 1000. The van der Waals surface area contributed by atoms with Gasteiger partial charge in [0.25, 0.3) is 0 Å². The van der Waals surface area contributed by atoms with Crippen molar-refractivity contribution in [2.75, 3.05) is 19.5 Å². The van der Waals surface area contributed by atoms with Crippen molar-refractivity contribution in [3.63, 3.8) is 0 Å². The molecule has 0 atom stereocenters. The number of methoxy groups -OCH3 is 2. The lowest BCUT2D eigenvalue weighted by atomic mass is 10.1. The lowest BCUT2D eigenvalue weighted by Gasteiger charge is -2.09. The van der Waals surface area contributed by atoms with Crippen LogP contribution in [0.1, 0.15) is 4.88 Å². The highest BCUT2D eigenvalue weighted by molar-refractivity contribution is 7.16. The third-order valence-electron chi connectivity index (χ3n) is 3.79. The molecule has 0 saturated carbocycles. The zero-order valence-electron chi connectivity index (χ0n) is 15.0. The molecule has 3 rings (SSSR count). The maximum atomic E-state index is 11.3. The van der Waals surface area contributed by atoms with Crippen LogP contribution in [0.3, 0.4) is 0 Å². The molecule has 0 saturated heterocycles. The van der Waals surface area contributed by atoms with E-state index in [1.807, 2.05) is 0 Å². The molecular formula is C19H16Cl2N2O4S. The molecule has 0 aliphatic carbocycles. The Balaban J connectivity index is 2.04. The van der Waals surface area contributed by atoms with E-state index in [0.717, 1.165) is 0 Å².